The molecule has 0 saturated carbocycles. The molecule has 22 heavy (non-hydrogen) atoms. The van der Waals surface area contributed by atoms with Crippen LogP contribution < -0.4 is 14.8 Å². The van der Waals surface area contributed by atoms with Crippen LogP contribution in [0, 0.1) is 0 Å². The summed E-state index contributed by atoms with van der Waals surface area (Å²) in [4.78, 5) is 25.4. The Bertz CT molecular complexity index is 580. The van der Waals surface area contributed by atoms with Crippen molar-refractivity contribution in [3.8, 4) is 11.5 Å². The molecule has 1 aromatic carbocycles. The Morgan fingerprint density at radius 1 is 1.41 bits per heavy atom. The van der Waals surface area contributed by atoms with Gasteiger partial charge in [0.1, 0.15) is 6.04 Å². The predicted octanol–water partition coefficient (Wildman–Crippen LogP) is 1.26. The molecule has 0 bridgehead atoms. The van der Waals surface area contributed by atoms with Crippen LogP contribution in [-0.2, 0) is 4.79 Å². The molecule has 1 aliphatic rings. The smallest absolute Gasteiger partial charge is 0.387 e. The van der Waals surface area contributed by atoms with Crippen LogP contribution in [0.4, 0.5) is 8.78 Å². The van der Waals surface area contributed by atoms with Crippen LogP contribution in [0.25, 0.3) is 0 Å². The van der Waals surface area contributed by atoms with Crippen LogP contribution >= 0.6 is 0 Å². The van der Waals surface area contributed by atoms with E-state index in [0.29, 0.717) is 13.0 Å². The molecule has 1 saturated heterocycles. The van der Waals surface area contributed by atoms with Crippen molar-refractivity contribution in [2.45, 2.75) is 19.1 Å². The summed E-state index contributed by atoms with van der Waals surface area (Å²) in [6.07, 6.45) is 0.512. The third-order valence-corrected chi connectivity index (χ3v) is 3.37. The van der Waals surface area contributed by atoms with Crippen molar-refractivity contribution >= 4 is 11.8 Å². The van der Waals surface area contributed by atoms with E-state index in [0.717, 1.165) is 6.07 Å². The standard InChI is InChI=1S/C14H16F2N2O4/c1-18-6-5-9(13(18)20)17-12(19)8-3-4-10(21-2)11(7-8)22-14(15)16/h3-4,7,9,14H,5-6H2,1-2H3,(H,17,19)/t9-/m0/s1. The zero-order valence-corrected chi connectivity index (χ0v) is 12.1. The summed E-state index contributed by atoms with van der Waals surface area (Å²) < 4.78 is 33.9. The SMILES string of the molecule is COc1ccc(C(=O)N[C@H]2CCN(C)C2=O)cc1OC(F)F. The highest BCUT2D eigenvalue weighted by Crippen LogP contribution is 2.29. The number of methoxy groups -OCH3 is 1. The first-order valence-corrected chi connectivity index (χ1v) is 6.61. The summed E-state index contributed by atoms with van der Waals surface area (Å²) >= 11 is 0. The Balaban J connectivity index is 2.14. The molecule has 8 heteroatoms. The third-order valence-electron chi connectivity index (χ3n) is 3.37. The second-order valence-corrected chi connectivity index (χ2v) is 4.82. The second-order valence-electron chi connectivity index (χ2n) is 4.82. The predicted molar refractivity (Wildman–Crippen MR) is 73.1 cm³/mol. The molecule has 0 spiro atoms. The van der Waals surface area contributed by atoms with Crippen LogP contribution in [-0.4, -0.2) is 50.1 Å². The highest BCUT2D eigenvalue weighted by atomic mass is 19.3. The molecule has 0 aliphatic carbocycles. The molecule has 1 fully saturated rings. The maximum Gasteiger partial charge on any atom is 0.387 e. The minimum absolute atomic E-state index is 0.0912. The number of nitrogens with one attached hydrogen (secondary N) is 1. The molecule has 0 aromatic heterocycles. The topological polar surface area (TPSA) is 67.9 Å². The van der Waals surface area contributed by atoms with Crippen molar-refractivity contribution < 1.29 is 27.8 Å². The number of likely N-dealkylation sites (N-methyl/N-ethyl adjacent to an activating group) is 1. The van der Waals surface area contributed by atoms with E-state index in [4.69, 9.17) is 4.74 Å². The molecule has 2 rings (SSSR count). The number of hydrogen-bond donors (Lipinski definition) is 1. The zero-order chi connectivity index (χ0) is 16.3. The molecule has 6 nitrogen and oxygen atoms in total. The van der Waals surface area contributed by atoms with Gasteiger partial charge < -0.3 is 19.7 Å². The summed E-state index contributed by atoms with van der Waals surface area (Å²) in [6, 6.07) is 3.33. The first kappa shape index (κ1) is 16.0. The molecule has 0 radical (unpaired) electrons. The second kappa shape index (κ2) is 6.59. The zero-order valence-electron chi connectivity index (χ0n) is 12.1. The minimum atomic E-state index is -3.03. The largest absolute Gasteiger partial charge is 0.493 e. The van der Waals surface area contributed by atoms with Crippen molar-refractivity contribution in [1.82, 2.24) is 10.2 Å². The lowest BCUT2D eigenvalue weighted by Crippen LogP contribution is -2.40. The van der Waals surface area contributed by atoms with Gasteiger partial charge in [0.25, 0.3) is 5.91 Å². The monoisotopic (exact) mass is 314 g/mol. The summed E-state index contributed by atoms with van der Waals surface area (Å²) in [5.74, 6) is -0.852. The number of likely N-dealkylation sites (tertiary alicyclic amines) is 1. The molecule has 120 valence electrons. The van der Waals surface area contributed by atoms with Crippen LogP contribution in [0.5, 0.6) is 11.5 Å². The van der Waals surface area contributed by atoms with Gasteiger partial charge in [0.05, 0.1) is 7.11 Å². The number of hydrogen-bond acceptors (Lipinski definition) is 4. The highest BCUT2D eigenvalue weighted by Gasteiger charge is 2.30. The van der Waals surface area contributed by atoms with Crippen molar-refractivity contribution in [2.75, 3.05) is 20.7 Å². The molecule has 1 heterocycles. The maximum absolute atomic E-state index is 12.4. The lowest BCUT2D eigenvalue weighted by Gasteiger charge is -2.14. The lowest BCUT2D eigenvalue weighted by molar-refractivity contribution is -0.128. The normalized spacial score (nSPS) is 17.8. The van der Waals surface area contributed by atoms with E-state index in [1.807, 2.05) is 0 Å². The van der Waals surface area contributed by atoms with Crippen LogP contribution in [0.1, 0.15) is 16.8 Å². The number of benzene rings is 1. The molecule has 1 aromatic rings. The van der Waals surface area contributed by atoms with E-state index < -0.39 is 18.6 Å². The molecule has 1 N–H and O–H groups in total. The van der Waals surface area contributed by atoms with Gasteiger partial charge in [-0.05, 0) is 24.6 Å². The Morgan fingerprint density at radius 2 is 2.14 bits per heavy atom. The lowest BCUT2D eigenvalue weighted by atomic mass is 10.1. The first-order chi connectivity index (χ1) is 10.4. The van der Waals surface area contributed by atoms with Gasteiger partial charge in [0.15, 0.2) is 11.5 Å². The van der Waals surface area contributed by atoms with Gasteiger partial charge in [0.2, 0.25) is 5.91 Å². The fourth-order valence-corrected chi connectivity index (χ4v) is 2.20. The number of alkyl halides is 2. The average molecular weight is 314 g/mol. The van der Waals surface area contributed by atoms with Crippen molar-refractivity contribution in [1.29, 1.82) is 0 Å². The van der Waals surface area contributed by atoms with Crippen molar-refractivity contribution in [3.63, 3.8) is 0 Å². The molecule has 1 atom stereocenters. The van der Waals surface area contributed by atoms with Gasteiger partial charge in [-0.25, -0.2) is 0 Å². The van der Waals surface area contributed by atoms with Gasteiger partial charge in [-0.1, -0.05) is 0 Å². The Morgan fingerprint density at radius 3 is 2.68 bits per heavy atom. The van der Waals surface area contributed by atoms with Gasteiger partial charge in [0, 0.05) is 19.2 Å². The van der Waals surface area contributed by atoms with Crippen molar-refractivity contribution in [3.05, 3.63) is 23.8 Å². The van der Waals surface area contributed by atoms with Gasteiger partial charge in [-0.3, -0.25) is 9.59 Å². The fraction of sp³-hybridized carbons (Fsp3) is 0.429. The molecular weight excluding hydrogens is 298 g/mol. The Hall–Kier alpha value is -2.38. The van der Waals surface area contributed by atoms with Gasteiger partial charge in [-0.2, -0.15) is 8.78 Å². The summed E-state index contributed by atoms with van der Waals surface area (Å²) in [5.41, 5.74) is 0.110. The number of carbonyl (C=O) groups excluding carboxylic acids is 2. The number of nitrogens with zero attached hydrogens (tertiary/aromatic N) is 1. The number of ether oxygens (including phenoxy) is 2. The van der Waals surface area contributed by atoms with Crippen LogP contribution in [0.15, 0.2) is 18.2 Å². The summed E-state index contributed by atoms with van der Waals surface area (Å²) in [6.45, 7) is -2.47. The number of amides is 2. The Labute approximate surface area is 126 Å². The number of halogens is 2. The maximum atomic E-state index is 12.4. The molecular formula is C14H16F2N2O4. The van der Waals surface area contributed by atoms with E-state index in [2.05, 4.69) is 10.1 Å². The van der Waals surface area contributed by atoms with E-state index in [-0.39, 0.29) is 23.0 Å². The Kier molecular flexibility index (Phi) is 4.79. The molecule has 2 amide bonds. The van der Waals surface area contributed by atoms with E-state index in [1.165, 1.54) is 24.1 Å². The highest BCUT2D eigenvalue weighted by molar-refractivity contribution is 5.98. The molecule has 1 aliphatic heterocycles. The quantitative estimate of drug-likeness (QED) is 0.888. The third kappa shape index (κ3) is 3.44. The number of rotatable bonds is 5. The van der Waals surface area contributed by atoms with E-state index >= 15 is 0 Å². The van der Waals surface area contributed by atoms with Gasteiger partial charge in [-0.15, -0.1) is 0 Å². The summed E-state index contributed by atoms with van der Waals surface area (Å²) in [7, 11) is 2.96. The minimum Gasteiger partial charge on any atom is -0.493 e. The number of carbonyl (C=O) groups is 2. The fourth-order valence-electron chi connectivity index (χ4n) is 2.20. The van der Waals surface area contributed by atoms with E-state index in [1.54, 1.807) is 7.05 Å². The average Bonchev–Trinajstić information content (AvgIpc) is 2.78. The molecule has 0 unspecified atom stereocenters. The summed E-state index contributed by atoms with van der Waals surface area (Å²) in [5, 5.41) is 2.58. The van der Waals surface area contributed by atoms with Crippen LogP contribution in [0.2, 0.25) is 0 Å². The van der Waals surface area contributed by atoms with Crippen molar-refractivity contribution in [2.24, 2.45) is 0 Å². The first-order valence-electron chi connectivity index (χ1n) is 6.61. The van der Waals surface area contributed by atoms with Crippen LogP contribution in [0.3, 0.4) is 0 Å². The van der Waals surface area contributed by atoms with E-state index in [9.17, 15) is 18.4 Å². The van der Waals surface area contributed by atoms with Gasteiger partial charge >= 0.3 is 6.61 Å².